The number of hydrogen-bond acceptors (Lipinski definition) is 4. The average molecular weight is 341 g/mol. The maximum Gasteiger partial charge on any atom is 0.272 e. The van der Waals surface area contributed by atoms with Crippen molar-refractivity contribution in [3.05, 3.63) is 30.0 Å². The highest BCUT2D eigenvalue weighted by Gasteiger charge is 2.38. The third kappa shape index (κ3) is 2.93. The fourth-order valence-corrected chi connectivity index (χ4v) is 4.49. The third-order valence-corrected chi connectivity index (χ3v) is 5.82. The van der Waals surface area contributed by atoms with Crippen LogP contribution in [0, 0.1) is 0 Å². The van der Waals surface area contributed by atoms with E-state index >= 15 is 0 Å². The summed E-state index contributed by atoms with van der Waals surface area (Å²) in [6, 6.07) is 9.25. The first-order valence-corrected chi connectivity index (χ1v) is 9.23. The Morgan fingerprint density at radius 3 is 2.56 bits per heavy atom. The molecule has 4 rings (SSSR count). The van der Waals surface area contributed by atoms with Gasteiger partial charge in [0.15, 0.2) is 5.69 Å². The Bertz CT molecular complexity index is 769. The van der Waals surface area contributed by atoms with E-state index in [9.17, 15) is 4.79 Å². The summed E-state index contributed by atoms with van der Waals surface area (Å²) in [7, 11) is 4.41. The second-order valence-electron chi connectivity index (χ2n) is 7.52. The molecular weight excluding hydrogens is 314 g/mol. The standard InChI is InChI=1S/C19H27N5O/c1-4-24-17-8-6-5-7-16(17)18(21-24)19(25)20-13-9-14-11-22(2)12-15(10-13)23(14)3/h5-8,13-15H,4,9-12H2,1-3H3,(H,20,25). The molecule has 2 atom stereocenters. The molecule has 2 aromatic rings. The van der Waals surface area contributed by atoms with E-state index < -0.39 is 0 Å². The highest BCUT2D eigenvalue weighted by Crippen LogP contribution is 2.27. The van der Waals surface area contributed by atoms with Crippen molar-refractivity contribution in [2.24, 2.45) is 0 Å². The lowest BCUT2D eigenvalue weighted by Crippen LogP contribution is -2.63. The fraction of sp³-hybridized carbons (Fsp3) is 0.579. The van der Waals surface area contributed by atoms with Gasteiger partial charge in [-0.1, -0.05) is 18.2 Å². The monoisotopic (exact) mass is 341 g/mol. The molecule has 2 bridgehead atoms. The first kappa shape index (κ1) is 16.5. The van der Waals surface area contributed by atoms with Crippen LogP contribution in [0.4, 0.5) is 0 Å². The highest BCUT2D eigenvalue weighted by molar-refractivity contribution is 6.04. The summed E-state index contributed by atoms with van der Waals surface area (Å²) in [5.74, 6) is -0.0376. The summed E-state index contributed by atoms with van der Waals surface area (Å²) in [5, 5.41) is 8.77. The van der Waals surface area contributed by atoms with E-state index in [1.54, 1.807) is 0 Å². The number of para-hydroxylation sites is 1. The zero-order chi connectivity index (χ0) is 17.6. The van der Waals surface area contributed by atoms with Crippen molar-refractivity contribution in [2.45, 2.75) is 44.4 Å². The summed E-state index contributed by atoms with van der Waals surface area (Å²) in [6.07, 6.45) is 2.02. The topological polar surface area (TPSA) is 53.4 Å². The van der Waals surface area contributed by atoms with Crippen molar-refractivity contribution < 1.29 is 4.79 Å². The van der Waals surface area contributed by atoms with Crippen molar-refractivity contribution in [2.75, 3.05) is 27.2 Å². The van der Waals surface area contributed by atoms with E-state index in [2.05, 4.69) is 41.2 Å². The highest BCUT2D eigenvalue weighted by atomic mass is 16.2. The van der Waals surface area contributed by atoms with Gasteiger partial charge in [0.25, 0.3) is 5.91 Å². The van der Waals surface area contributed by atoms with E-state index in [-0.39, 0.29) is 11.9 Å². The number of aromatic nitrogens is 2. The van der Waals surface area contributed by atoms with E-state index in [0.29, 0.717) is 17.8 Å². The molecule has 1 aromatic carbocycles. The molecular formula is C19H27N5O. The SMILES string of the molecule is CCn1nc(C(=O)NC2CC3CN(C)CC(C2)N3C)c2ccccc21. The van der Waals surface area contributed by atoms with Gasteiger partial charge in [-0.05, 0) is 39.9 Å². The minimum absolute atomic E-state index is 0.0376. The van der Waals surface area contributed by atoms with Crippen LogP contribution >= 0.6 is 0 Å². The van der Waals surface area contributed by atoms with Crippen LogP contribution in [0.25, 0.3) is 10.9 Å². The summed E-state index contributed by atoms with van der Waals surface area (Å²) in [6.45, 7) is 4.97. The Labute approximate surface area is 148 Å². The summed E-state index contributed by atoms with van der Waals surface area (Å²) < 4.78 is 1.91. The number of carbonyl (C=O) groups is 1. The van der Waals surface area contributed by atoms with E-state index in [0.717, 1.165) is 43.4 Å². The molecule has 1 aromatic heterocycles. The Balaban J connectivity index is 1.53. The normalized spacial score (nSPS) is 27.6. The first-order valence-electron chi connectivity index (χ1n) is 9.23. The van der Waals surface area contributed by atoms with Crippen LogP contribution in [0.15, 0.2) is 24.3 Å². The van der Waals surface area contributed by atoms with Gasteiger partial charge < -0.3 is 10.2 Å². The van der Waals surface area contributed by atoms with Crippen LogP contribution in [0.1, 0.15) is 30.3 Å². The van der Waals surface area contributed by atoms with Gasteiger partial charge >= 0.3 is 0 Å². The summed E-state index contributed by atoms with van der Waals surface area (Å²) >= 11 is 0. The molecule has 134 valence electrons. The van der Waals surface area contributed by atoms with Gasteiger partial charge in [0, 0.05) is 43.1 Å². The van der Waals surface area contributed by atoms with Crippen molar-refractivity contribution >= 4 is 16.8 Å². The van der Waals surface area contributed by atoms with Crippen molar-refractivity contribution in [3.63, 3.8) is 0 Å². The van der Waals surface area contributed by atoms with E-state index in [1.165, 1.54) is 0 Å². The lowest BCUT2D eigenvalue weighted by atomic mass is 9.88. The molecule has 6 nitrogen and oxygen atoms in total. The Hall–Kier alpha value is -1.92. The molecule has 1 amide bonds. The predicted molar refractivity (Wildman–Crippen MR) is 98.7 cm³/mol. The van der Waals surface area contributed by atoms with Gasteiger partial charge in [-0.3, -0.25) is 14.4 Å². The average Bonchev–Trinajstić information content (AvgIpc) is 2.96. The number of hydrogen-bond donors (Lipinski definition) is 1. The smallest absolute Gasteiger partial charge is 0.272 e. The number of piperidine rings is 1. The number of amides is 1. The summed E-state index contributed by atoms with van der Waals surface area (Å²) in [4.78, 5) is 17.8. The maximum absolute atomic E-state index is 12.9. The van der Waals surface area contributed by atoms with Crippen molar-refractivity contribution in [3.8, 4) is 0 Å². The molecule has 2 unspecified atom stereocenters. The second-order valence-corrected chi connectivity index (χ2v) is 7.52. The molecule has 6 heteroatoms. The van der Waals surface area contributed by atoms with Gasteiger partial charge in [0.2, 0.25) is 0 Å². The lowest BCUT2D eigenvalue weighted by Gasteiger charge is -2.50. The zero-order valence-corrected chi connectivity index (χ0v) is 15.3. The molecule has 0 aliphatic carbocycles. The largest absolute Gasteiger partial charge is 0.348 e. The Morgan fingerprint density at radius 1 is 1.20 bits per heavy atom. The van der Waals surface area contributed by atoms with Gasteiger partial charge in [-0.2, -0.15) is 5.10 Å². The van der Waals surface area contributed by atoms with Gasteiger partial charge in [-0.15, -0.1) is 0 Å². The predicted octanol–water partition coefficient (Wildman–Crippen LogP) is 1.56. The molecule has 25 heavy (non-hydrogen) atoms. The minimum atomic E-state index is -0.0376. The van der Waals surface area contributed by atoms with Crippen LogP contribution in [-0.4, -0.2) is 70.8 Å². The van der Waals surface area contributed by atoms with Crippen LogP contribution in [-0.2, 0) is 6.54 Å². The van der Waals surface area contributed by atoms with E-state index in [1.807, 2.05) is 28.9 Å². The third-order valence-electron chi connectivity index (χ3n) is 5.82. The molecule has 2 aliphatic heterocycles. The number of carbonyl (C=O) groups excluding carboxylic acids is 1. The first-order chi connectivity index (χ1) is 12.1. The van der Waals surface area contributed by atoms with Crippen LogP contribution in [0.5, 0.6) is 0 Å². The number of likely N-dealkylation sites (tertiary alicyclic amines) is 1. The Morgan fingerprint density at radius 2 is 1.88 bits per heavy atom. The van der Waals surface area contributed by atoms with Gasteiger partial charge in [0.1, 0.15) is 0 Å². The number of aryl methyl sites for hydroxylation is 1. The number of nitrogens with zero attached hydrogens (tertiary/aromatic N) is 4. The second kappa shape index (κ2) is 6.42. The van der Waals surface area contributed by atoms with Crippen molar-refractivity contribution in [1.82, 2.24) is 24.9 Å². The number of piperazine rings is 1. The van der Waals surface area contributed by atoms with Gasteiger partial charge in [-0.25, -0.2) is 0 Å². The minimum Gasteiger partial charge on any atom is -0.348 e. The molecule has 2 saturated heterocycles. The van der Waals surface area contributed by atoms with Crippen molar-refractivity contribution in [1.29, 1.82) is 0 Å². The number of nitrogens with one attached hydrogen (secondary N) is 1. The molecule has 0 spiro atoms. The zero-order valence-electron chi connectivity index (χ0n) is 15.3. The van der Waals surface area contributed by atoms with E-state index in [4.69, 9.17) is 0 Å². The van der Waals surface area contributed by atoms with Crippen LogP contribution in [0.2, 0.25) is 0 Å². The fourth-order valence-electron chi connectivity index (χ4n) is 4.49. The molecule has 3 heterocycles. The molecule has 2 fully saturated rings. The summed E-state index contributed by atoms with van der Waals surface area (Å²) in [5.41, 5.74) is 1.58. The number of fused-ring (bicyclic) bond motifs is 3. The lowest BCUT2D eigenvalue weighted by molar-refractivity contribution is 0.00837. The number of rotatable bonds is 3. The van der Waals surface area contributed by atoms with Crippen LogP contribution < -0.4 is 5.32 Å². The van der Waals surface area contributed by atoms with Gasteiger partial charge in [0.05, 0.1) is 5.52 Å². The van der Waals surface area contributed by atoms with Crippen LogP contribution in [0.3, 0.4) is 0 Å². The molecule has 0 radical (unpaired) electrons. The molecule has 2 aliphatic rings. The Kier molecular flexibility index (Phi) is 4.25. The maximum atomic E-state index is 12.9. The molecule has 0 saturated carbocycles. The number of benzene rings is 1. The number of likely N-dealkylation sites (N-methyl/N-ethyl adjacent to an activating group) is 2. The quantitative estimate of drug-likeness (QED) is 0.921. The molecule has 1 N–H and O–H groups in total.